The van der Waals surface area contributed by atoms with E-state index in [0.29, 0.717) is 16.3 Å². The Hall–Kier alpha value is -2.83. The minimum Gasteiger partial charge on any atom is -0.497 e. The van der Waals surface area contributed by atoms with Crippen LogP contribution in [0.5, 0.6) is 5.75 Å². The van der Waals surface area contributed by atoms with Crippen LogP contribution in [-0.4, -0.2) is 30.7 Å². The summed E-state index contributed by atoms with van der Waals surface area (Å²) in [6.45, 7) is 5.25. The van der Waals surface area contributed by atoms with Gasteiger partial charge < -0.3 is 19.9 Å². The maximum Gasteiger partial charge on any atom is 0.324 e. The highest BCUT2D eigenvalue weighted by atomic mass is 35.5. The van der Waals surface area contributed by atoms with Gasteiger partial charge in [-0.05, 0) is 50.1 Å². The third-order valence-electron chi connectivity index (χ3n) is 4.25. The maximum absolute atomic E-state index is 12.8. The highest BCUT2D eigenvalue weighted by Gasteiger charge is 2.33. The second kappa shape index (κ2) is 11.0. The molecule has 0 saturated heterocycles. The summed E-state index contributed by atoms with van der Waals surface area (Å²) in [6, 6.07) is 13.1. The fourth-order valence-corrected chi connectivity index (χ4v) is 2.85. The largest absolute Gasteiger partial charge is 0.497 e. The first-order valence-electron chi connectivity index (χ1n) is 9.81. The molecule has 31 heavy (non-hydrogen) atoms. The molecule has 0 saturated carbocycles. The third-order valence-corrected chi connectivity index (χ3v) is 4.59. The molecule has 2 unspecified atom stereocenters. The van der Waals surface area contributed by atoms with Crippen LogP contribution in [0.15, 0.2) is 54.6 Å². The number of hydrogen-bond donors (Lipinski definition) is 1. The molecule has 0 amide bonds. The maximum atomic E-state index is 12.8. The molecule has 0 bridgehead atoms. The van der Waals surface area contributed by atoms with Crippen molar-refractivity contribution in [2.75, 3.05) is 7.11 Å². The first-order valence-corrected chi connectivity index (χ1v) is 10.2. The number of carbonyl (C=O) groups excluding carboxylic acids is 2. The standard InChI is InChI=1S/C24H28ClNO5/c1-24(2,3)31-23(28)21(26)19(22(27)30-15-16-8-6-5-7-9-16)12-10-17-14-18(29-4)11-13-20(17)25/h5-14,19,21H,15,26H2,1-4H3/b12-10+. The smallest absolute Gasteiger partial charge is 0.324 e. The van der Waals surface area contributed by atoms with Crippen LogP contribution in [0.3, 0.4) is 0 Å². The lowest BCUT2D eigenvalue weighted by atomic mass is 9.98. The number of esters is 2. The Morgan fingerprint density at radius 1 is 1.10 bits per heavy atom. The molecular formula is C24H28ClNO5. The van der Waals surface area contributed by atoms with E-state index in [4.69, 9.17) is 31.5 Å². The van der Waals surface area contributed by atoms with Crippen molar-refractivity contribution < 1.29 is 23.8 Å². The molecule has 2 rings (SSSR count). The zero-order chi connectivity index (χ0) is 23.0. The number of methoxy groups -OCH3 is 1. The summed E-state index contributed by atoms with van der Waals surface area (Å²) in [5, 5.41) is 0.458. The number of carbonyl (C=O) groups is 2. The molecule has 2 atom stereocenters. The second-order valence-electron chi connectivity index (χ2n) is 7.92. The van der Waals surface area contributed by atoms with Gasteiger partial charge in [0.1, 0.15) is 29.9 Å². The van der Waals surface area contributed by atoms with E-state index < -0.39 is 29.5 Å². The molecule has 0 aliphatic rings. The van der Waals surface area contributed by atoms with E-state index in [1.54, 1.807) is 52.2 Å². The molecule has 0 heterocycles. The van der Waals surface area contributed by atoms with Crippen LogP contribution in [0, 0.1) is 5.92 Å². The van der Waals surface area contributed by atoms with Gasteiger partial charge in [0.05, 0.1) is 7.11 Å². The zero-order valence-corrected chi connectivity index (χ0v) is 18.9. The van der Waals surface area contributed by atoms with Gasteiger partial charge in [-0.3, -0.25) is 9.59 Å². The molecular weight excluding hydrogens is 418 g/mol. The average molecular weight is 446 g/mol. The minimum absolute atomic E-state index is 0.0605. The molecule has 0 radical (unpaired) electrons. The molecule has 0 aromatic heterocycles. The fourth-order valence-electron chi connectivity index (χ4n) is 2.67. The first-order chi connectivity index (χ1) is 14.6. The van der Waals surface area contributed by atoms with Crippen molar-refractivity contribution in [3.05, 3.63) is 70.8 Å². The molecule has 2 N–H and O–H groups in total. The number of benzene rings is 2. The summed E-state index contributed by atoms with van der Waals surface area (Å²) < 4.78 is 16.0. The lowest BCUT2D eigenvalue weighted by Gasteiger charge is -2.24. The van der Waals surface area contributed by atoms with E-state index in [1.807, 2.05) is 30.3 Å². The molecule has 6 nitrogen and oxygen atoms in total. The highest BCUT2D eigenvalue weighted by Crippen LogP contribution is 2.24. The average Bonchev–Trinajstić information content (AvgIpc) is 2.72. The van der Waals surface area contributed by atoms with E-state index in [2.05, 4.69) is 0 Å². The van der Waals surface area contributed by atoms with Gasteiger partial charge in [0.2, 0.25) is 0 Å². The molecule has 0 aliphatic heterocycles. The first kappa shape index (κ1) is 24.4. The van der Waals surface area contributed by atoms with Crippen molar-refractivity contribution >= 4 is 29.6 Å². The summed E-state index contributed by atoms with van der Waals surface area (Å²) in [5.74, 6) is -1.81. The lowest BCUT2D eigenvalue weighted by molar-refractivity contribution is -0.162. The topological polar surface area (TPSA) is 87.9 Å². The summed E-state index contributed by atoms with van der Waals surface area (Å²) >= 11 is 6.24. The van der Waals surface area contributed by atoms with Crippen molar-refractivity contribution in [2.24, 2.45) is 11.7 Å². The fraction of sp³-hybridized carbons (Fsp3) is 0.333. The highest BCUT2D eigenvalue weighted by molar-refractivity contribution is 6.32. The summed E-state index contributed by atoms with van der Waals surface area (Å²) in [6.07, 6.45) is 3.12. The van der Waals surface area contributed by atoms with Crippen molar-refractivity contribution in [1.82, 2.24) is 0 Å². The van der Waals surface area contributed by atoms with E-state index in [0.717, 1.165) is 5.56 Å². The Bertz CT molecular complexity index is 921. The van der Waals surface area contributed by atoms with Gasteiger partial charge in [-0.1, -0.05) is 54.1 Å². The predicted octanol–water partition coefficient (Wildman–Crippen LogP) is 4.39. The Morgan fingerprint density at radius 2 is 1.77 bits per heavy atom. The number of halogens is 1. The van der Waals surface area contributed by atoms with E-state index in [-0.39, 0.29) is 6.61 Å². The monoisotopic (exact) mass is 445 g/mol. The summed E-state index contributed by atoms with van der Waals surface area (Å²) in [7, 11) is 1.54. The van der Waals surface area contributed by atoms with E-state index in [9.17, 15) is 9.59 Å². The van der Waals surface area contributed by atoms with Gasteiger partial charge in [-0.2, -0.15) is 0 Å². The van der Waals surface area contributed by atoms with Crippen LogP contribution in [0.2, 0.25) is 5.02 Å². The number of hydrogen-bond acceptors (Lipinski definition) is 6. The van der Waals surface area contributed by atoms with Gasteiger partial charge in [0.25, 0.3) is 0 Å². The SMILES string of the molecule is COc1ccc(Cl)c(/C=C/C(C(=O)OCc2ccccc2)C(N)C(=O)OC(C)(C)C)c1. The predicted molar refractivity (Wildman–Crippen MR) is 121 cm³/mol. The van der Waals surface area contributed by atoms with Gasteiger partial charge in [0, 0.05) is 5.02 Å². The molecule has 2 aromatic carbocycles. The molecule has 7 heteroatoms. The van der Waals surface area contributed by atoms with Gasteiger partial charge in [-0.15, -0.1) is 0 Å². The zero-order valence-electron chi connectivity index (χ0n) is 18.1. The van der Waals surface area contributed by atoms with Crippen LogP contribution in [0.25, 0.3) is 6.08 Å². The Balaban J connectivity index is 2.26. The number of ether oxygens (including phenoxy) is 3. The number of nitrogens with two attached hydrogens (primary N) is 1. The van der Waals surface area contributed by atoms with Crippen LogP contribution in [0.1, 0.15) is 31.9 Å². The van der Waals surface area contributed by atoms with E-state index in [1.165, 1.54) is 6.08 Å². The molecule has 0 aliphatic carbocycles. The van der Waals surface area contributed by atoms with Crippen molar-refractivity contribution in [1.29, 1.82) is 0 Å². The molecule has 0 spiro atoms. The number of rotatable bonds is 8. The van der Waals surface area contributed by atoms with Crippen LogP contribution in [0.4, 0.5) is 0 Å². The van der Waals surface area contributed by atoms with E-state index >= 15 is 0 Å². The molecule has 2 aromatic rings. The molecule has 166 valence electrons. The quantitative estimate of drug-likeness (QED) is 0.606. The van der Waals surface area contributed by atoms with Gasteiger partial charge in [-0.25, -0.2) is 0 Å². The van der Waals surface area contributed by atoms with Crippen LogP contribution >= 0.6 is 11.6 Å². The minimum atomic E-state index is -1.25. The normalized spacial score (nSPS) is 13.5. The van der Waals surface area contributed by atoms with Crippen molar-refractivity contribution in [3.63, 3.8) is 0 Å². The summed E-state index contributed by atoms with van der Waals surface area (Å²) in [4.78, 5) is 25.4. The third kappa shape index (κ3) is 7.74. The van der Waals surface area contributed by atoms with Crippen LogP contribution in [-0.2, 0) is 25.7 Å². The van der Waals surface area contributed by atoms with Crippen LogP contribution < -0.4 is 10.5 Å². The Kier molecular flexibility index (Phi) is 8.65. The second-order valence-corrected chi connectivity index (χ2v) is 8.33. The lowest BCUT2D eigenvalue weighted by Crippen LogP contribution is -2.45. The summed E-state index contributed by atoms with van der Waals surface area (Å²) in [5.41, 5.74) is 6.80. The van der Waals surface area contributed by atoms with Crippen molar-refractivity contribution in [2.45, 2.75) is 39.0 Å². The Morgan fingerprint density at radius 3 is 2.39 bits per heavy atom. The van der Waals surface area contributed by atoms with Gasteiger partial charge >= 0.3 is 11.9 Å². The van der Waals surface area contributed by atoms with Gasteiger partial charge in [0.15, 0.2) is 0 Å². The molecule has 0 fully saturated rings. The Labute approximate surface area is 187 Å². The van der Waals surface area contributed by atoms with Crippen molar-refractivity contribution in [3.8, 4) is 5.75 Å².